The molecule has 3 N–H and O–H groups in total. The molecule has 1 heterocycles. The summed E-state index contributed by atoms with van der Waals surface area (Å²) in [6.07, 6.45) is 3.61. The fraction of sp³-hybridized carbons (Fsp3) is 0.600. The lowest BCUT2D eigenvalue weighted by molar-refractivity contribution is -0.116. The average molecular weight is 211 g/mol. The van der Waals surface area contributed by atoms with Gasteiger partial charge in [-0.3, -0.25) is 10.1 Å². The second kappa shape index (κ2) is 5.50. The highest BCUT2D eigenvalue weighted by molar-refractivity contribution is 5.88. The number of rotatable bonds is 5. The van der Waals surface area contributed by atoms with E-state index in [0.717, 1.165) is 18.5 Å². The predicted octanol–water partition coefficient (Wildman–Crippen LogP) is 1.44. The van der Waals surface area contributed by atoms with Gasteiger partial charge in [0.05, 0.1) is 5.69 Å². The molecule has 5 heteroatoms. The molecule has 15 heavy (non-hydrogen) atoms. The first-order valence-corrected chi connectivity index (χ1v) is 5.09. The predicted molar refractivity (Wildman–Crippen MR) is 57.4 cm³/mol. The monoisotopic (exact) mass is 211 g/mol. The molecule has 1 rings (SSSR count). The Morgan fingerprint density at radius 1 is 1.73 bits per heavy atom. The maximum absolute atomic E-state index is 11.4. The molecule has 0 fully saturated rings. The lowest BCUT2D eigenvalue weighted by Gasteiger charge is -2.08. The highest BCUT2D eigenvalue weighted by Gasteiger charge is 2.10. The first-order chi connectivity index (χ1) is 7.11. The number of oxazole rings is 1. The van der Waals surface area contributed by atoms with Gasteiger partial charge in [-0.25, -0.2) is 0 Å². The number of anilines is 1. The number of carbonyl (C=O) groups is 1. The van der Waals surface area contributed by atoms with E-state index in [2.05, 4.69) is 10.3 Å². The molecule has 1 unspecified atom stereocenters. The number of carbonyl (C=O) groups excluding carboxylic acids is 1. The smallest absolute Gasteiger partial charge is 0.301 e. The van der Waals surface area contributed by atoms with E-state index < -0.39 is 0 Å². The number of aryl methyl sites for hydroxylation is 1. The van der Waals surface area contributed by atoms with Gasteiger partial charge in [0.1, 0.15) is 6.26 Å². The quantitative estimate of drug-likeness (QED) is 0.772. The topological polar surface area (TPSA) is 81.2 Å². The van der Waals surface area contributed by atoms with Gasteiger partial charge in [0, 0.05) is 12.5 Å². The molecule has 0 aliphatic carbocycles. The van der Waals surface area contributed by atoms with Crippen LogP contribution in [0.5, 0.6) is 0 Å². The molecule has 1 amide bonds. The van der Waals surface area contributed by atoms with Gasteiger partial charge in [0.15, 0.2) is 0 Å². The summed E-state index contributed by atoms with van der Waals surface area (Å²) in [6.45, 7) is 3.83. The molecule has 0 saturated carbocycles. The molecule has 84 valence electrons. The van der Waals surface area contributed by atoms with E-state index in [1.54, 1.807) is 6.92 Å². The van der Waals surface area contributed by atoms with Crippen molar-refractivity contribution in [1.82, 2.24) is 4.98 Å². The first kappa shape index (κ1) is 11.7. The highest BCUT2D eigenvalue weighted by Crippen LogP contribution is 2.07. The van der Waals surface area contributed by atoms with Crippen LogP contribution in [0.4, 0.5) is 6.01 Å². The van der Waals surface area contributed by atoms with Gasteiger partial charge in [-0.1, -0.05) is 13.3 Å². The summed E-state index contributed by atoms with van der Waals surface area (Å²) in [4.78, 5) is 15.4. The van der Waals surface area contributed by atoms with Crippen molar-refractivity contribution in [1.29, 1.82) is 0 Å². The lowest BCUT2D eigenvalue weighted by atomic mass is 10.1. The van der Waals surface area contributed by atoms with Gasteiger partial charge in [-0.15, -0.1) is 0 Å². The van der Waals surface area contributed by atoms with Crippen LogP contribution in [-0.2, 0) is 4.79 Å². The van der Waals surface area contributed by atoms with E-state index in [4.69, 9.17) is 10.2 Å². The molecule has 0 spiro atoms. The van der Waals surface area contributed by atoms with Crippen LogP contribution in [0, 0.1) is 6.92 Å². The molecule has 0 aliphatic heterocycles. The molecule has 0 bridgehead atoms. The number of nitrogens with two attached hydrogens (primary N) is 1. The molecule has 0 radical (unpaired) electrons. The van der Waals surface area contributed by atoms with Crippen LogP contribution >= 0.6 is 0 Å². The fourth-order valence-corrected chi connectivity index (χ4v) is 1.29. The Labute approximate surface area is 89.1 Å². The van der Waals surface area contributed by atoms with Gasteiger partial charge in [0.25, 0.3) is 0 Å². The van der Waals surface area contributed by atoms with E-state index in [-0.39, 0.29) is 18.0 Å². The van der Waals surface area contributed by atoms with Crippen LogP contribution in [-0.4, -0.2) is 16.9 Å². The summed E-state index contributed by atoms with van der Waals surface area (Å²) in [6, 6.07) is 0.146. The van der Waals surface area contributed by atoms with E-state index in [1.807, 2.05) is 6.92 Å². The maximum atomic E-state index is 11.4. The Morgan fingerprint density at radius 2 is 2.47 bits per heavy atom. The molecule has 5 nitrogen and oxygen atoms in total. The maximum Gasteiger partial charge on any atom is 0.301 e. The van der Waals surface area contributed by atoms with Crippen LogP contribution in [0.2, 0.25) is 0 Å². The van der Waals surface area contributed by atoms with Crippen LogP contribution < -0.4 is 11.1 Å². The van der Waals surface area contributed by atoms with E-state index >= 15 is 0 Å². The largest absolute Gasteiger partial charge is 0.432 e. The van der Waals surface area contributed by atoms with Crippen LogP contribution in [0.1, 0.15) is 31.9 Å². The summed E-state index contributed by atoms with van der Waals surface area (Å²) in [5, 5.41) is 2.56. The summed E-state index contributed by atoms with van der Waals surface area (Å²) in [5.74, 6) is -0.155. The van der Waals surface area contributed by atoms with Gasteiger partial charge in [-0.2, -0.15) is 4.98 Å². The Kier molecular flexibility index (Phi) is 4.30. The number of amides is 1. The highest BCUT2D eigenvalue weighted by atomic mass is 16.4. The number of nitrogens with one attached hydrogen (secondary N) is 1. The Balaban J connectivity index is 2.36. The summed E-state index contributed by atoms with van der Waals surface area (Å²) < 4.78 is 4.99. The zero-order valence-corrected chi connectivity index (χ0v) is 9.12. The minimum atomic E-state index is -0.155. The standard InChI is InChI=1S/C10H17N3O2/c1-3-4-8(11)5-9(14)13-10-12-7(2)6-15-10/h6,8H,3-5,11H2,1-2H3,(H,12,13,14). The third kappa shape index (κ3) is 4.12. The van der Waals surface area contributed by atoms with Crippen molar-refractivity contribution in [2.24, 2.45) is 5.73 Å². The third-order valence-electron chi connectivity index (χ3n) is 1.97. The number of aromatic nitrogens is 1. The summed E-state index contributed by atoms with van der Waals surface area (Å²) >= 11 is 0. The Bertz CT molecular complexity index is 322. The molecule has 1 aromatic heterocycles. The van der Waals surface area contributed by atoms with Crippen molar-refractivity contribution in [2.45, 2.75) is 39.2 Å². The van der Waals surface area contributed by atoms with Crippen molar-refractivity contribution in [2.75, 3.05) is 5.32 Å². The van der Waals surface area contributed by atoms with Crippen molar-refractivity contribution >= 4 is 11.9 Å². The van der Waals surface area contributed by atoms with Crippen LogP contribution in [0.15, 0.2) is 10.7 Å². The van der Waals surface area contributed by atoms with Crippen molar-refractivity contribution in [3.05, 3.63) is 12.0 Å². The molecule has 1 atom stereocenters. The zero-order valence-electron chi connectivity index (χ0n) is 9.12. The molecule has 0 aliphatic rings. The zero-order chi connectivity index (χ0) is 11.3. The third-order valence-corrected chi connectivity index (χ3v) is 1.97. The minimum Gasteiger partial charge on any atom is -0.432 e. The van der Waals surface area contributed by atoms with Crippen LogP contribution in [0.25, 0.3) is 0 Å². The van der Waals surface area contributed by atoms with Crippen LogP contribution in [0.3, 0.4) is 0 Å². The van der Waals surface area contributed by atoms with Gasteiger partial charge in [0.2, 0.25) is 5.91 Å². The number of nitrogens with zero attached hydrogens (tertiary/aromatic N) is 1. The number of hydrogen-bond acceptors (Lipinski definition) is 4. The van der Waals surface area contributed by atoms with E-state index in [9.17, 15) is 4.79 Å². The van der Waals surface area contributed by atoms with E-state index in [0.29, 0.717) is 6.42 Å². The van der Waals surface area contributed by atoms with Gasteiger partial charge in [-0.05, 0) is 13.3 Å². The second-order valence-corrected chi connectivity index (χ2v) is 3.60. The minimum absolute atomic E-state index is 0.0916. The second-order valence-electron chi connectivity index (χ2n) is 3.60. The summed E-state index contributed by atoms with van der Waals surface area (Å²) in [7, 11) is 0. The average Bonchev–Trinajstić information content (AvgIpc) is 2.51. The van der Waals surface area contributed by atoms with E-state index in [1.165, 1.54) is 6.26 Å². The molecular weight excluding hydrogens is 194 g/mol. The lowest BCUT2D eigenvalue weighted by Crippen LogP contribution is -2.26. The van der Waals surface area contributed by atoms with Crippen molar-refractivity contribution in [3.63, 3.8) is 0 Å². The molecule has 0 saturated heterocycles. The fourth-order valence-electron chi connectivity index (χ4n) is 1.29. The Morgan fingerprint density at radius 3 is 3.00 bits per heavy atom. The normalized spacial score (nSPS) is 12.5. The number of hydrogen-bond donors (Lipinski definition) is 2. The first-order valence-electron chi connectivity index (χ1n) is 5.09. The SMILES string of the molecule is CCCC(N)CC(=O)Nc1nc(C)co1. The summed E-state index contributed by atoms with van der Waals surface area (Å²) in [5.41, 5.74) is 6.47. The molecule has 0 aromatic carbocycles. The Hall–Kier alpha value is -1.36. The molecular formula is C10H17N3O2. The van der Waals surface area contributed by atoms with Gasteiger partial charge >= 0.3 is 6.01 Å². The van der Waals surface area contributed by atoms with Crippen molar-refractivity contribution < 1.29 is 9.21 Å². The van der Waals surface area contributed by atoms with Gasteiger partial charge < -0.3 is 10.2 Å². The molecule has 1 aromatic rings. The van der Waals surface area contributed by atoms with Crippen molar-refractivity contribution in [3.8, 4) is 0 Å².